The van der Waals surface area contributed by atoms with Gasteiger partial charge in [-0.05, 0) is 84.6 Å². The lowest BCUT2D eigenvalue weighted by Gasteiger charge is -2.11. The van der Waals surface area contributed by atoms with Gasteiger partial charge in [0.15, 0.2) is 0 Å². The van der Waals surface area contributed by atoms with Crippen LogP contribution in [0.2, 0.25) is 5.02 Å². The molecule has 0 unspecified atom stereocenters. The number of fused-ring (bicyclic) bond motifs is 2. The minimum Gasteiger partial charge on any atom is -0.506 e. The first kappa shape index (κ1) is 43.8. The monoisotopic (exact) mass is 894 g/mol. The SMILES string of the molecule is Clc1ccnc2c1CCN2.Cn1c(Cc2ccc(F)cc2)ncc(-c2ccc(O)cn2)c1=O.Cn1c(Cc2ccc(F)cc2)ncc(-c2ccc(Oc3ccnc4c3CCN4)cn2)c1=O. The Bertz CT molecular complexity index is 3080. The molecule has 0 bridgehead atoms. The van der Waals surface area contributed by atoms with Gasteiger partial charge in [0.2, 0.25) is 0 Å². The van der Waals surface area contributed by atoms with Gasteiger partial charge in [0.25, 0.3) is 11.1 Å². The van der Waals surface area contributed by atoms with Crippen molar-refractivity contribution in [1.82, 2.24) is 39.0 Å². The molecule has 0 radical (unpaired) electrons. The molecule has 3 N–H and O–H groups in total. The van der Waals surface area contributed by atoms with Gasteiger partial charge in [-0.3, -0.25) is 28.7 Å². The van der Waals surface area contributed by atoms with Crippen LogP contribution in [-0.2, 0) is 39.8 Å². The highest BCUT2D eigenvalue weighted by atomic mass is 35.5. The maximum Gasteiger partial charge on any atom is 0.262 e. The number of halogens is 3. The molecule has 0 amide bonds. The molecule has 0 fully saturated rings. The van der Waals surface area contributed by atoms with Gasteiger partial charge in [0.1, 0.15) is 52.2 Å². The minimum absolute atomic E-state index is 0.0338. The molecule has 0 spiro atoms. The molecule has 2 aliphatic rings. The van der Waals surface area contributed by atoms with E-state index in [1.807, 2.05) is 12.1 Å². The second-order valence-corrected chi connectivity index (χ2v) is 15.4. The van der Waals surface area contributed by atoms with Crippen LogP contribution in [0.1, 0.15) is 33.9 Å². The van der Waals surface area contributed by atoms with Crippen LogP contribution in [0.5, 0.6) is 17.2 Å². The smallest absolute Gasteiger partial charge is 0.262 e. The van der Waals surface area contributed by atoms with Crippen LogP contribution in [0, 0.1) is 11.6 Å². The summed E-state index contributed by atoms with van der Waals surface area (Å²) in [5, 5.41) is 16.5. The summed E-state index contributed by atoms with van der Waals surface area (Å²) in [6.45, 7) is 1.80. The third kappa shape index (κ3) is 10.3. The van der Waals surface area contributed by atoms with Gasteiger partial charge in [0, 0.05) is 81.0 Å². The van der Waals surface area contributed by atoms with Gasteiger partial charge in [-0.25, -0.2) is 28.7 Å². The van der Waals surface area contributed by atoms with Crippen molar-refractivity contribution in [2.45, 2.75) is 25.7 Å². The van der Waals surface area contributed by atoms with Crippen molar-refractivity contribution < 1.29 is 18.6 Å². The lowest BCUT2D eigenvalue weighted by molar-refractivity contribution is 0.473. The number of hydrogen-bond donors (Lipinski definition) is 3. The predicted octanol–water partition coefficient (Wildman–Crippen LogP) is 7.71. The van der Waals surface area contributed by atoms with E-state index in [4.69, 9.17) is 16.3 Å². The Morgan fingerprint density at radius 2 is 1.12 bits per heavy atom. The Kier molecular flexibility index (Phi) is 13.3. The summed E-state index contributed by atoms with van der Waals surface area (Å²) in [6.07, 6.45) is 12.0. The Hall–Kier alpha value is -7.85. The summed E-state index contributed by atoms with van der Waals surface area (Å²) in [4.78, 5) is 51.0. The fraction of sp³-hybridized carbons (Fsp3) is 0.167. The molecule has 0 aliphatic carbocycles. The molecule has 6 aromatic heterocycles. The molecule has 65 heavy (non-hydrogen) atoms. The van der Waals surface area contributed by atoms with E-state index in [0.717, 1.165) is 70.6 Å². The number of hydrogen-bond acceptors (Lipinski definition) is 12. The number of benzene rings is 2. The number of rotatable bonds is 8. The van der Waals surface area contributed by atoms with Crippen molar-refractivity contribution in [1.29, 1.82) is 0 Å². The van der Waals surface area contributed by atoms with Crippen LogP contribution in [-0.4, -0.2) is 57.2 Å². The summed E-state index contributed by atoms with van der Waals surface area (Å²) in [5.74, 6) is 3.72. The summed E-state index contributed by atoms with van der Waals surface area (Å²) >= 11 is 5.89. The summed E-state index contributed by atoms with van der Waals surface area (Å²) in [5.41, 5.74) is 5.24. The van der Waals surface area contributed by atoms with Gasteiger partial charge < -0.3 is 20.5 Å². The zero-order valence-electron chi connectivity index (χ0n) is 35.2. The number of ether oxygens (including phenoxy) is 1. The molecule has 2 aromatic carbocycles. The van der Waals surface area contributed by atoms with Crippen LogP contribution in [0.4, 0.5) is 20.4 Å². The molecule has 328 valence electrons. The van der Waals surface area contributed by atoms with Crippen molar-refractivity contribution in [2.24, 2.45) is 14.1 Å². The van der Waals surface area contributed by atoms with Crippen molar-refractivity contribution in [3.8, 4) is 39.8 Å². The van der Waals surface area contributed by atoms with Gasteiger partial charge in [0.05, 0.1) is 34.9 Å². The first-order chi connectivity index (χ1) is 31.5. The molecule has 10 rings (SSSR count). The van der Waals surface area contributed by atoms with Crippen molar-refractivity contribution in [2.75, 3.05) is 23.7 Å². The molecule has 2 aliphatic heterocycles. The Morgan fingerprint density at radius 3 is 1.63 bits per heavy atom. The van der Waals surface area contributed by atoms with E-state index in [1.54, 1.807) is 75.2 Å². The van der Waals surface area contributed by atoms with E-state index in [9.17, 15) is 23.5 Å². The molecular formula is C48H41ClF2N10O4. The quantitative estimate of drug-likeness (QED) is 0.136. The highest BCUT2D eigenvalue weighted by molar-refractivity contribution is 6.31. The number of anilines is 2. The Balaban J connectivity index is 0.000000151. The van der Waals surface area contributed by atoms with Gasteiger partial charge in [-0.15, -0.1) is 0 Å². The Morgan fingerprint density at radius 1 is 0.615 bits per heavy atom. The number of aromatic hydroxyl groups is 1. The molecule has 0 saturated carbocycles. The van der Waals surface area contributed by atoms with Crippen LogP contribution in [0.15, 0.2) is 132 Å². The topological polar surface area (TPSA) is 175 Å². The highest BCUT2D eigenvalue weighted by Gasteiger charge is 2.18. The van der Waals surface area contributed by atoms with Crippen LogP contribution < -0.4 is 26.5 Å². The van der Waals surface area contributed by atoms with E-state index in [2.05, 4.69) is 40.5 Å². The number of nitrogens with one attached hydrogen (secondary N) is 2. The number of pyridine rings is 4. The second-order valence-electron chi connectivity index (χ2n) is 15.0. The zero-order chi connectivity index (χ0) is 45.5. The van der Waals surface area contributed by atoms with E-state index < -0.39 is 0 Å². The second kappa shape index (κ2) is 19.7. The van der Waals surface area contributed by atoms with E-state index in [-0.39, 0.29) is 28.5 Å². The number of aromatic nitrogens is 8. The molecule has 0 saturated heterocycles. The number of nitrogens with zero attached hydrogens (tertiary/aromatic N) is 8. The van der Waals surface area contributed by atoms with Crippen LogP contribution in [0.25, 0.3) is 22.5 Å². The van der Waals surface area contributed by atoms with Gasteiger partial charge >= 0.3 is 0 Å². The highest BCUT2D eigenvalue weighted by Crippen LogP contribution is 2.32. The first-order valence-electron chi connectivity index (χ1n) is 20.5. The van der Waals surface area contributed by atoms with Gasteiger partial charge in [-0.2, -0.15) is 0 Å². The standard InChI is InChI=1S/C24H20FN5O2.C17H14FN3O2.C7H7ClN2/c1-30-22(12-15-2-4-16(25)5-3-15)29-14-19(24(30)31)20-7-6-17(13-28-20)32-21-9-11-27-23-18(21)8-10-26-23;1-21-16(8-11-2-4-12(18)5-3-11)20-10-14(17(21)23)15-7-6-13(22)9-19-15;8-6-2-4-10-7-5(6)1-3-9-7/h2-7,9,11,13-14H,8,10,12H2,1H3,(H,26,27);2-7,9-10,22H,8H2,1H3;2,4H,1,3H2,(H,9,10). The van der Waals surface area contributed by atoms with E-state index in [1.165, 1.54) is 58.1 Å². The van der Waals surface area contributed by atoms with E-state index >= 15 is 0 Å². The normalized spacial score (nSPS) is 12.1. The molecule has 17 heteroatoms. The third-order valence-electron chi connectivity index (χ3n) is 10.7. The maximum absolute atomic E-state index is 13.1. The summed E-state index contributed by atoms with van der Waals surface area (Å²) < 4.78 is 35.0. The Labute approximate surface area is 376 Å². The molecule has 14 nitrogen and oxygen atoms in total. The van der Waals surface area contributed by atoms with Gasteiger partial charge in [-0.1, -0.05) is 35.9 Å². The van der Waals surface area contributed by atoms with Crippen molar-refractivity contribution >= 4 is 23.2 Å². The lowest BCUT2D eigenvalue weighted by Crippen LogP contribution is -2.24. The average Bonchev–Trinajstić information content (AvgIpc) is 4.02. The zero-order valence-corrected chi connectivity index (χ0v) is 35.9. The van der Waals surface area contributed by atoms with E-state index in [0.29, 0.717) is 52.8 Å². The molecule has 0 atom stereocenters. The van der Waals surface area contributed by atoms with Crippen LogP contribution in [0.3, 0.4) is 0 Å². The van der Waals surface area contributed by atoms with Crippen LogP contribution >= 0.6 is 11.6 Å². The lowest BCUT2D eigenvalue weighted by atomic mass is 10.1. The third-order valence-corrected chi connectivity index (χ3v) is 11.0. The largest absolute Gasteiger partial charge is 0.506 e. The summed E-state index contributed by atoms with van der Waals surface area (Å²) in [6, 6.07) is 22.5. The molecular weight excluding hydrogens is 854 g/mol. The molecule has 8 aromatic rings. The van der Waals surface area contributed by atoms with Crippen molar-refractivity contribution in [3.05, 3.63) is 193 Å². The summed E-state index contributed by atoms with van der Waals surface area (Å²) in [7, 11) is 3.31. The average molecular weight is 895 g/mol. The fourth-order valence-electron chi connectivity index (χ4n) is 7.11. The fourth-order valence-corrected chi connectivity index (χ4v) is 7.35. The molecule has 8 heterocycles. The maximum atomic E-state index is 13.1. The van der Waals surface area contributed by atoms with Crippen molar-refractivity contribution in [3.63, 3.8) is 0 Å². The predicted molar refractivity (Wildman–Crippen MR) is 243 cm³/mol. The first-order valence-corrected chi connectivity index (χ1v) is 20.9. The minimum atomic E-state index is -0.302.